The van der Waals surface area contributed by atoms with Crippen molar-refractivity contribution in [2.75, 3.05) is 43.0 Å². The number of hydrogen-bond donors (Lipinski definition) is 0. The predicted octanol–water partition coefficient (Wildman–Crippen LogP) is 1.65. The van der Waals surface area contributed by atoms with Crippen molar-refractivity contribution in [1.82, 2.24) is 14.1 Å². The molecule has 5 rings (SSSR count). The van der Waals surface area contributed by atoms with Gasteiger partial charge in [-0.1, -0.05) is 18.2 Å². The van der Waals surface area contributed by atoms with Crippen LogP contribution in [0.5, 0.6) is 0 Å². The number of benzene rings is 2. The number of fused-ring (bicyclic) bond motifs is 1. The van der Waals surface area contributed by atoms with Crippen LogP contribution >= 0.6 is 0 Å². The summed E-state index contributed by atoms with van der Waals surface area (Å²) in [5.41, 5.74) is 1.94. The molecule has 0 unspecified atom stereocenters. The highest BCUT2D eigenvalue weighted by Gasteiger charge is 2.30. The maximum absolute atomic E-state index is 13.4. The molecule has 0 radical (unpaired) electrons. The van der Waals surface area contributed by atoms with Crippen LogP contribution in [0.1, 0.15) is 12.0 Å². The van der Waals surface area contributed by atoms with Gasteiger partial charge >= 0.3 is 0 Å². The fourth-order valence-electron chi connectivity index (χ4n) is 4.44. The summed E-state index contributed by atoms with van der Waals surface area (Å²) in [5, 5.41) is 4.53. The minimum absolute atomic E-state index is 0.0423. The van der Waals surface area contributed by atoms with Gasteiger partial charge in [0, 0.05) is 45.0 Å². The van der Waals surface area contributed by atoms with Gasteiger partial charge in [0.1, 0.15) is 5.82 Å². The summed E-state index contributed by atoms with van der Waals surface area (Å²) in [6, 6.07) is 17.3. The second kappa shape index (κ2) is 8.69. The third-order valence-corrected chi connectivity index (χ3v) is 8.23. The maximum atomic E-state index is 13.4. The average Bonchev–Trinajstić information content (AvgIpc) is 3.00. The van der Waals surface area contributed by atoms with Crippen molar-refractivity contribution < 1.29 is 13.2 Å². The van der Waals surface area contributed by atoms with Crippen LogP contribution in [-0.2, 0) is 21.2 Å². The number of rotatable bonds is 4. The van der Waals surface area contributed by atoms with Gasteiger partial charge in [0.25, 0.3) is 5.56 Å². The molecule has 3 aromatic rings. The molecule has 10 heteroatoms. The Labute approximate surface area is 197 Å². The molecule has 0 N–H and O–H groups in total. The molecule has 2 aromatic carbocycles. The van der Waals surface area contributed by atoms with Crippen LogP contribution in [0, 0.1) is 0 Å². The third-order valence-electron chi connectivity index (χ3n) is 6.33. The Bertz CT molecular complexity index is 1400. The predicted molar refractivity (Wildman–Crippen MR) is 129 cm³/mol. The van der Waals surface area contributed by atoms with Gasteiger partial charge in [0.05, 0.1) is 17.0 Å². The molecule has 0 aliphatic carbocycles. The number of likely N-dealkylation sites (N-methyl/N-ethyl adjacent to an activating group) is 1. The first-order chi connectivity index (χ1) is 16.3. The smallest absolute Gasteiger partial charge is 0.271 e. The lowest BCUT2D eigenvalue weighted by Crippen LogP contribution is -2.36. The van der Waals surface area contributed by atoms with E-state index in [1.807, 2.05) is 35.2 Å². The summed E-state index contributed by atoms with van der Waals surface area (Å²) in [4.78, 5) is 28.1. The first kappa shape index (κ1) is 22.3. The zero-order chi connectivity index (χ0) is 23.9. The SMILES string of the molecule is CN1C(=O)Cc2cc(S(=O)(=O)N3CCCN(c4ccc(=O)n(-c5ccccc5)n4)CC3)ccc21. The second-order valence-electron chi connectivity index (χ2n) is 8.44. The Hall–Kier alpha value is -3.50. The van der Waals surface area contributed by atoms with Gasteiger partial charge in [0.15, 0.2) is 0 Å². The molecule has 1 amide bonds. The number of carbonyl (C=O) groups is 1. The molecule has 0 bridgehead atoms. The summed E-state index contributed by atoms with van der Waals surface area (Å²) >= 11 is 0. The molecular formula is C24H25N5O4S. The van der Waals surface area contributed by atoms with Gasteiger partial charge in [-0.25, -0.2) is 8.42 Å². The van der Waals surface area contributed by atoms with E-state index in [4.69, 9.17) is 0 Å². The summed E-state index contributed by atoms with van der Waals surface area (Å²) < 4.78 is 29.6. The van der Waals surface area contributed by atoms with E-state index < -0.39 is 10.0 Å². The molecule has 0 atom stereocenters. The van der Waals surface area contributed by atoms with Gasteiger partial charge in [-0.2, -0.15) is 8.99 Å². The highest BCUT2D eigenvalue weighted by Crippen LogP contribution is 2.31. The minimum atomic E-state index is -3.70. The summed E-state index contributed by atoms with van der Waals surface area (Å²) in [7, 11) is -2.01. The quantitative estimate of drug-likeness (QED) is 0.565. The number of sulfonamides is 1. The third kappa shape index (κ3) is 3.99. The standard InChI is InChI=1S/C24H25N5O4S/c1-26-21-9-8-20(16-18(21)17-24(26)31)34(32,33)28-13-5-12-27(14-15-28)22-10-11-23(30)29(25-22)19-6-3-2-4-7-19/h2-4,6-11,16H,5,12-15,17H2,1H3. The second-order valence-corrected chi connectivity index (χ2v) is 10.4. The van der Waals surface area contributed by atoms with E-state index in [1.165, 1.54) is 15.1 Å². The van der Waals surface area contributed by atoms with Gasteiger partial charge in [-0.05, 0) is 48.4 Å². The summed E-state index contributed by atoms with van der Waals surface area (Å²) in [5.74, 6) is 0.584. The molecule has 34 heavy (non-hydrogen) atoms. The molecule has 0 saturated carbocycles. The fourth-order valence-corrected chi connectivity index (χ4v) is 5.96. The molecule has 2 aliphatic rings. The summed E-state index contributed by atoms with van der Waals surface area (Å²) in [6.45, 7) is 1.75. The van der Waals surface area contributed by atoms with Gasteiger partial charge in [-0.15, -0.1) is 5.10 Å². The highest BCUT2D eigenvalue weighted by atomic mass is 32.2. The number of para-hydroxylation sites is 1. The topological polar surface area (TPSA) is 95.8 Å². The Kier molecular flexibility index (Phi) is 5.70. The Morgan fingerprint density at radius 3 is 2.47 bits per heavy atom. The van der Waals surface area contributed by atoms with Crippen LogP contribution < -0.4 is 15.4 Å². The number of aromatic nitrogens is 2. The molecular weight excluding hydrogens is 454 g/mol. The van der Waals surface area contributed by atoms with Crippen molar-refractivity contribution in [1.29, 1.82) is 0 Å². The Balaban J connectivity index is 1.36. The van der Waals surface area contributed by atoms with E-state index >= 15 is 0 Å². The molecule has 2 aliphatic heterocycles. The van der Waals surface area contributed by atoms with Crippen LogP contribution in [0.2, 0.25) is 0 Å². The van der Waals surface area contributed by atoms with Crippen molar-refractivity contribution in [3.05, 3.63) is 76.6 Å². The van der Waals surface area contributed by atoms with Crippen LogP contribution in [0.4, 0.5) is 11.5 Å². The molecule has 0 spiro atoms. The van der Waals surface area contributed by atoms with Gasteiger partial charge in [-0.3, -0.25) is 9.59 Å². The monoisotopic (exact) mass is 479 g/mol. The first-order valence-electron chi connectivity index (χ1n) is 11.1. The number of anilines is 2. The molecule has 9 nitrogen and oxygen atoms in total. The first-order valence-corrected chi connectivity index (χ1v) is 12.6. The van der Waals surface area contributed by atoms with Crippen molar-refractivity contribution in [2.24, 2.45) is 0 Å². The van der Waals surface area contributed by atoms with Crippen LogP contribution in [0.15, 0.2) is 70.4 Å². The number of carbonyl (C=O) groups excluding carboxylic acids is 1. The van der Waals surface area contributed by atoms with E-state index in [1.54, 1.807) is 36.2 Å². The van der Waals surface area contributed by atoms with Crippen molar-refractivity contribution in [3.8, 4) is 5.69 Å². The summed E-state index contributed by atoms with van der Waals surface area (Å²) in [6.07, 6.45) is 0.837. The van der Waals surface area contributed by atoms with Crippen molar-refractivity contribution in [3.63, 3.8) is 0 Å². The normalized spacial score (nSPS) is 17.0. The van der Waals surface area contributed by atoms with Crippen molar-refractivity contribution >= 4 is 27.4 Å². The maximum Gasteiger partial charge on any atom is 0.271 e. The van der Waals surface area contributed by atoms with Gasteiger partial charge in [0.2, 0.25) is 15.9 Å². The lowest BCUT2D eigenvalue weighted by Gasteiger charge is -2.23. The van der Waals surface area contributed by atoms with E-state index in [2.05, 4.69) is 5.10 Å². The minimum Gasteiger partial charge on any atom is -0.354 e. The lowest BCUT2D eigenvalue weighted by atomic mass is 10.2. The van der Waals surface area contributed by atoms with E-state index in [-0.39, 0.29) is 22.8 Å². The van der Waals surface area contributed by atoms with Crippen LogP contribution in [0.3, 0.4) is 0 Å². The van der Waals surface area contributed by atoms with Crippen molar-refractivity contribution in [2.45, 2.75) is 17.7 Å². The molecule has 176 valence electrons. The zero-order valence-corrected chi connectivity index (χ0v) is 19.6. The number of hydrogen-bond acceptors (Lipinski definition) is 6. The lowest BCUT2D eigenvalue weighted by molar-refractivity contribution is -0.117. The zero-order valence-electron chi connectivity index (χ0n) is 18.8. The molecule has 1 fully saturated rings. The van der Waals surface area contributed by atoms with Crippen LogP contribution in [-0.4, -0.2) is 61.6 Å². The number of amides is 1. The molecule has 1 saturated heterocycles. The fraction of sp³-hybridized carbons (Fsp3) is 0.292. The highest BCUT2D eigenvalue weighted by molar-refractivity contribution is 7.89. The largest absolute Gasteiger partial charge is 0.354 e. The average molecular weight is 480 g/mol. The Morgan fingerprint density at radius 1 is 0.882 bits per heavy atom. The molecule has 3 heterocycles. The van der Waals surface area contributed by atoms with E-state index in [0.29, 0.717) is 44.1 Å². The number of nitrogens with zero attached hydrogens (tertiary/aromatic N) is 5. The van der Waals surface area contributed by atoms with Crippen LogP contribution in [0.25, 0.3) is 5.69 Å². The van der Waals surface area contributed by atoms with E-state index in [0.717, 1.165) is 11.3 Å². The van der Waals surface area contributed by atoms with E-state index in [9.17, 15) is 18.0 Å². The van der Waals surface area contributed by atoms with Gasteiger partial charge < -0.3 is 9.80 Å². The Morgan fingerprint density at radius 2 is 1.68 bits per heavy atom. The molecule has 1 aromatic heterocycles.